The lowest BCUT2D eigenvalue weighted by atomic mass is 9.94. The van der Waals surface area contributed by atoms with Gasteiger partial charge in [0.15, 0.2) is 5.78 Å². The number of rotatable bonds is 3. The van der Waals surface area contributed by atoms with E-state index in [0.717, 1.165) is 17.1 Å². The van der Waals surface area contributed by atoms with Crippen LogP contribution in [0.4, 0.5) is 5.69 Å². The van der Waals surface area contributed by atoms with Crippen LogP contribution in [0.3, 0.4) is 0 Å². The number of anilines is 1. The SMILES string of the molecule is O=C1CC(C(=O)c2ccccc2N2C(=O)C=CC2=O)C(=O)N1. The molecule has 1 atom stereocenters. The summed E-state index contributed by atoms with van der Waals surface area (Å²) >= 11 is 0. The van der Waals surface area contributed by atoms with Crippen LogP contribution in [0.1, 0.15) is 16.8 Å². The minimum Gasteiger partial charge on any atom is -0.296 e. The van der Waals surface area contributed by atoms with E-state index in [1.54, 1.807) is 12.1 Å². The summed E-state index contributed by atoms with van der Waals surface area (Å²) in [7, 11) is 0. The minimum atomic E-state index is -1.13. The molecule has 0 saturated carbocycles. The van der Waals surface area contributed by atoms with E-state index in [0.29, 0.717) is 0 Å². The highest BCUT2D eigenvalue weighted by molar-refractivity contribution is 6.30. The van der Waals surface area contributed by atoms with Crippen molar-refractivity contribution >= 4 is 35.1 Å². The lowest BCUT2D eigenvalue weighted by molar-refractivity contribution is -0.125. The van der Waals surface area contributed by atoms with Crippen LogP contribution in [-0.4, -0.2) is 29.4 Å². The fourth-order valence-electron chi connectivity index (χ4n) is 2.47. The van der Waals surface area contributed by atoms with Crippen LogP contribution in [0.2, 0.25) is 0 Å². The Morgan fingerprint density at radius 1 is 1.05 bits per heavy atom. The zero-order valence-corrected chi connectivity index (χ0v) is 11.2. The van der Waals surface area contributed by atoms with Crippen molar-refractivity contribution < 1.29 is 24.0 Å². The number of carbonyl (C=O) groups excluding carboxylic acids is 5. The summed E-state index contributed by atoms with van der Waals surface area (Å²) in [6.07, 6.45) is 1.98. The first-order chi connectivity index (χ1) is 10.5. The quantitative estimate of drug-likeness (QED) is 0.479. The molecule has 0 bridgehead atoms. The molecule has 110 valence electrons. The number of para-hydroxylation sites is 1. The summed E-state index contributed by atoms with van der Waals surface area (Å²) in [6, 6.07) is 6.01. The Balaban J connectivity index is 2.00. The van der Waals surface area contributed by atoms with Gasteiger partial charge in [0.25, 0.3) is 11.8 Å². The molecule has 0 aromatic heterocycles. The predicted octanol–water partition coefficient (Wildman–Crippen LogP) is -0.0386. The van der Waals surface area contributed by atoms with E-state index in [2.05, 4.69) is 5.32 Å². The van der Waals surface area contributed by atoms with Gasteiger partial charge in [-0.25, -0.2) is 4.90 Å². The van der Waals surface area contributed by atoms with E-state index in [1.165, 1.54) is 12.1 Å². The van der Waals surface area contributed by atoms with Crippen molar-refractivity contribution in [3.63, 3.8) is 0 Å². The summed E-state index contributed by atoms with van der Waals surface area (Å²) in [5.74, 6) is -4.02. The Kier molecular flexibility index (Phi) is 3.17. The Bertz CT molecular complexity index is 747. The third-order valence-corrected chi connectivity index (χ3v) is 3.50. The smallest absolute Gasteiger partial charge is 0.258 e. The van der Waals surface area contributed by atoms with Crippen LogP contribution < -0.4 is 10.2 Å². The number of nitrogens with one attached hydrogen (secondary N) is 1. The lowest BCUT2D eigenvalue weighted by Crippen LogP contribution is -2.32. The molecule has 3 rings (SSSR count). The van der Waals surface area contributed by atoms with Crippen LogP contribution in [0.15, 0.2) is 36.4 Å². The van der Waals surface area contributed by atoms with Gasteiger partial charge < -0.3 is 0 Å². The van der Waals surface area contributed by atoms with Crippen molar-refractivity contribution in [2.24, 2.45) is 5.92 Å². The fraction of sp³-hybridized carbons (Fsp3) is 0.133. The van der Waals surface area contributed by atoms with Gasteiger partial charge >= 0.3 is 0 Å². The molecule has 2 heterocycles. The maximum atomic E-state index is 12.5. The van der Waals surface area contributed by atoms with E-state index in [9.17, 15) is 24.0 Å². The van der Waals surface area contributed by atoms with Crippen LogP contribution in [0.25, 0.3) is 0 Å². The van der Waals surface area contributed by atoms with Gasteiger partial charge in [0.05, 0.1) is 5.69 Å². The van der Waals surface area contributed by atoms with Gasteiger partial charge in [-0.3, -0.25) is 29.3 Å². The van der Waals surface area contributed by atoms with E-state index < -0.39 is 35.3 Å². The van der Waals surface area contributed by atoms with Crippen molar-refractivity contribution in [1.82, 2.24) is 5.32 Å². The van der Waals surface area contributed by atoms with Crippen molar-refractivity contribution in [1.29, 1.82) is 0 Å². The van der Waals surface area contributed by atoms with E-state index in [-0.39, 0.29) is 17.7 Å². The van der Waals surface area contributed by atoms with Gasteiger partial charge in [-0.05, 0) is 12.1 Å². The average molecular weight is 298 g/mol. The van der Waals surface area contributed by atoms with Crippen LogP contribution in [-0.2, 0) is 19.2 Å². The molecule has 1 saturated heterocycles. The number of ketones is 1. The van der Waals surface area contributed by atoms with Crippen LogP contribution >= 0.6 is 0 Å². The molecule has 1 N–H and O–H groups in total. The Labute approximate surface area is 124 Å². The molecule has 7 nitrogen and oxygen atoms in total. The zero-order chi connectivity index (χ0) is 15.9. The number of nitrogens with zero attached hydrogens (tertiary/aromatic N) is 1. The highest BCUT2D eigenvalue weighted by atomic mass is 16.2. The molecule has 0 spiro atoms. The molecule has 2 aliphatic heterocycles. The molecular weight excluding hydrogens is 288 g/mol. The molecular formula is C15H10N2O5. The number of imide groups is 2. The second-order valence-corrected chi connectivity index (χ2v) is 4.90. The standard InChI is InChI=1S/C15H10N2O5/c18-11-7-9(15(22)16-11)14(21)8-3-1-2-4-10(8)17-12(19)5-6-13(17)20/h1-6,9H,7H2,(H,16,18,22). The van der Waals surface area contributed by atoms with Crippen molar-refractivity contribution in [3.8, 4) is 0 Å². The van der Waals surface area contributed by atoms with Gasteiger partial charge in [-0.1, -0.05) is 12.1 Å². The number of hydrogen-bond donors (Lipinski definition) is 1. The summed E-state index contributed by atoms with van der Waals surface area (Å²) in [5.41, 5.74) is 0.169. The molecule has 0 aliphatic carbocycles. The second-order valence-electron chi connectivity index (χ2n) is 4.90. The molecule has 22 heavy (non-hydrogen) atoms. The van der Waals surface area contributed by atoms with Gasteiger partial charge in [-0.2, -0.15) is 0 Å². The topological polar surface area (TPSA) is 101 Å². The maximum absolute atomic E-state index is 12.5. The first-order valence-corrected chi connectivity index (χ1v) is 6.52. The summed E-state index contributed by atoms with van der Waals surface area (Å²) in [4.78, 5) is 59.8. The van der Waals surface area contributed by atoms with Crippen LogP contribution in [0, 0.1) is 5.92 Å². The number of Topliss-reactive ketones (excluding diaryl/α,β-unsaturated/α-hetero) is 1. The highest BCUT2D eigenvalue weighted by Crippen LogP contribution is 2.28. The van der Waals surface area contributed by atoms with Gasteiger partial charge in [-0.15, -0.1) is 0 Å². The molecule has 0 radical (unpaired) electrons. The van der Waals surface area contributed by atoms with Crippen molar-refractivity contribution in [2.45, 2.75) is 6.42 Å². The minimum absolute atomic E-state index is 0.0581. The van der Waals surface area contributed by atoms with Gasteiger partial charge in [0.1, 0.15) is 5.92 Å². The monoisotopic (exact) mass is 298 g/mol. The maximum Gasteiger partial charge on any atom is 0.258 e. The van der Waals surface area contributed by atoms with Gasteiger partial charge in [0.2, 0.25) is 11.8 Å². The number of amides is 4. The van der Waals surface area contributed by atoms with E-state index >= 15 is 0 Å². The molecule has 1 aromatic carbocycles. The molecule has 1 fully saturated rings. The normalized spacial score (nSPS) is 20.7. The molecule has 1 unspecified atom stereocenters. The number of carbonyl (C=O) groups is 5. The number of hydrogen-bond acceptors (Lipinski definition) is 5. The third-order valence-electron chi connectivity index (χ3n) is 3.50. The summed E-state index contributed by atoms with van der Waals surface area (Å²) < 4.78 is 0. The molecule has 2 aliphatic rings. The Morgan fingerprint density at radius 2 is 1.68 bits per heavy atom. The Morgan fingerprint density at radius 3 is 2.27 bits per heavy atom. The first kappa shape index (κ1) is 13.9. The lowest BCUT2D eigenvalue weighted by Gasteiger charge is -2.18. The molecule has 1 aromatic rings. The molecule has 7 heteroatoms. The summed E-state index contributed by atoms with van der Waals surface area (Å²) in [5, 5.41) is 2.07. The zero-order valence-electron chi connectivity index (χ0n) is 11.2. The molecule has 4 amide bonds. The third kappa shape index (κ3) is 2.12. The second kappa shape index (κ2) is 5.03. The first-order valence-electron chi connectivity index (χ1n) is 6.52. The fourth-order valence-corrected chi connectivity index (χ4v) is 2.47. The van der Waals surface area contributed by atoms with Gasteiger partial charge in [0, 0.05) is 24.1 Å². The average Bonchev–Trinajstić information content (AvgIpc) is 3.00. The Hall–Kier alpha value is -3.09. The highest BCUT2D eigenvalue weighted by Gasteiger charge is 2.39. The van der Waals surface area contributed by atoms with E-state index in [1.807, 2.05) is 0 Å². The van der Waals surface area contributed by atoms with E-state index in [4.69, 9.17) is 0 Å². The predicted molar refractivity (Wildman–Crippen MR) is 73.7 cm³/mol. The van der Waals surface area contributed by atoms with Crippen molar-refractivity contribution in [3.05, 3.63) is 42.0 Å². The summed E-state index contributed by atoms with van der Waals surface area (Å²) in [6.45, 7) is 0. The largest absolute Gasteiger partial charge is 0.296 e. The number of benzene rings is 1. The van der Waals surface area contributed by atoms with Crippen LogP contribution in [0.5, 0.6) is 0 Å². The van der Waals surface area contributed by atoms with Crippen molar-refractivity contribution in [2.75, 3.05) is 4.90 Å².